The van der Waals surface area contributed by atoms with E-state index in [4.69, 9.17) is 5.11 Å². The Bertz CT molecular complexity index is 401. The maximum atomic E-state index is 10.6. The highest BCUT2D eigenvalue weighted by Crippen LogP contribution is 2.26. The Kier molecular flexibility index (Phi) is 6.52. The lowest BCUT2D eigenvalue weighted by Crippen LogP contribution is -2.22. The second-order valence-corrected chi connectivity index (χ2v) is 6.53. The van der Waals surface area contributed by atoms with E-state index < -0.39 is 5.97 Å². The van der Waals surface area contributed by atoms with Crippen LogP contribution in [0, 0.1) is 5.41 Å². The van der Waals surface area contributed by atoms with E-state index in [0.717, 1.165) is 30.4 Å². The highest BCUT2D eigenvalue weighted by molar-refractivity contribution is 9.10. The summed E-state index contributed by atoms with van der Waals surface area (Å²) in [5, 5.41) is 12.1. The highest BCUT2D eigenvalue weighted by atomic mass is 79.9. The molecule has 1 rings (SSSR count). The van der Waals surface area contributed by atoms with Crippen molar-refractivity contribution < 1.29 is 9.90 Å². The summed E-state index contributed by atoms with van der Waals surface area (Å²) in [6.07, 6.45) is 1.96. The zero-order valence-electron chi connectivity index (χ0n) is 11.6. The van der Waals surface area contributed by atoms with E-state index in [1.807, 2.05) is 12.1 Å². The zero-order valence-corrected chi connectivity index (χ0v) is 13.2. The zero-order chi connectivity index (χ0) is 14.3. The van der Waals surface area contributed by atoms with Gasteiger partial charge in [-0.1, -0.05) is 41.9 Å². The van der Waals surface area contributed by atoms with Gasteiger partial charge in [-0.2, -0.15) is 0 Å². The van der Waals surface area contributed by atoms with E-state index in [2.05, 4.69) is 47.2 Å². The Hall–Kier alpha value is -0.870. The molecule has 0 aromatic heterocycles. The van der Waals surface area contributed by atoms with Crippen molar-refractivity contribution in [2.24, 2.45) is 5.41 Å². The fourth-order valence-electron chi connectivity index (χ4n) is 1.83. The van der Waals surface area contributed by atoms with Crippen molar-refractivity contribution >= 4 is 21.9 Å². The molecule has 0 bridgehead atoms. The Morgan fingerprint density at radius 1 is 1.26 bits per heavy atom. The normalized spacial score (nSPS) is 11.5. The monoisotopic (exact) mass is 327 g/mol. The van der Waals surface area contributed by atoms with Crippen LogP contribution in [-0.4, -0.2) is 17.6 Å². The lowest BCUT2D eigenvalue weighted by Gasteiger charge is -2.23. The summed E-state index contributed by atoms with van der Waals surface area (Å²) in [6.45, 7) is 6.00. The second kappa shape index (κ2) is 7.65. The molecule has 1 aromatic carbocycles. The van der Waals surface area contributed by atoms with Crippen LogP contribution in [0.3, 0.4) is 0 Å². The Balaban J connectivity index is 2.22. The first-order chi connectivity index (χ1) is 8.89. The van der Waals surface area contributed by atoms with Gasteiger partial charge in [0.1, 0.15) is 0 Å². The number of aliphatic carboxylic acids is 1. The van der Waals surface area contributed by atoms with Crippen molar-refractivity contribution in [3.63, 3.8) is 0 Å². The summed E-state index contributed by atoms with van der Waals surface area (Å²) >= 11 is 3.41. The average molecular weight is 328 g/mol. The number of carboxylic acids is 1. The minimum Gasteiger partial charge on any atom is -0.481 e. The second-order valence-electron chi connectivity index (χ2n) is 5.61. The first kappa shape index (κ1) is 16.2. The first-order valence-corrected chi connectivity index (χ1v) is 7.35. The molecule has 1 aromatic rings. The minimum atomic E-state index is -0.712. The minimum absolute atomic E-state index is 0.0745. The maximum Gasteiger partial charge on any atom is 0.303 e. The number of carboxylic acid groups (broad SMARTS) is 1. The quantitative estimate of drug-likeness (QED) is 0.713. The van der Waals surface area contributed by atoms with Gasteiger partial charge in [0.25, 0.3) is 0 Å². The van der Waals surface area contributed by atoms with Gasteiger partial charge in [-0.15, -0.1) is 0 Å². The van der Waals surface area contributed by atoms with Gasteiger partial charge >= 0.3 is 5.97 Å². The van der Waals surface area contributed by atoms with Crippen molar-refractivity contribution in [1.82, 2.24) is 5.32 Å². The molecule has 0 heterocycles. The number of hydrogen-bond donors (Lipinski definition) is 2. The molecule has 2 N–H and O–H groups in total. The first-order valence-electron chi connectivity index (χ1n) is 6.56. The number of benzene rings is 1. The lowest BCUT2D eigenvalue weighted by molar-refractivity contribution is -0.137. The standard InChI is InChI=1S/C15H22BrNO2/c1-15(2,8-7-14(18)19)9-10-17-11-12-3-5-13(16)6-4-12/h3-6,17H,7-11H2,1-2H3,(H,18,19). The van der Waals surface area contributed by atoms with E-state index in [1.54, 1.807) is 0 Å². The summed E-state index contributed by atoms with van der Waals surface area (Å²) in [6, 6.07) is 8.25. The van der Waals surface area contributed by atoms with Gasteiger partial charge in [0, 0.05) is 17.4 Å². The summed E-state index contributed by atoms with van der Waals surface area (Å²) in [5.74, 6) is -0.712. The van der Waals surface area contributed by atoms with Gasteiger partial charge in [-0.3, -0.25) is 4.79 Å². The van der Waals surface area contributed by atoms with Crippen LogP contribution < -0.4 is 5.32 Å². The summed E-state index contributed by atoms with van der Waals surface area (Å²) in [4.78, 5) is 10.6. The van der Waals surface area contributed by atoms with Crippen LogP contribution in [0.2, 0.25) is 0 Å². The van der Waals surface area contributed by atoms with Crippen molar-refractivity contribution in [3.05, 3.63) is 34.3 Å². The van der Waals surface area contributed by atoms with E-state index in [-0.39, 0.29) is 11.8 Å². The third-order valence-electron chi connectivity index (χ3n) is 3.24. The molecule has 0 amide bonds. The van der Waals surface area contributed by atoms with Gasteiger partial charge in [-0.05, 0) is 42.5 Å². The molecule has 0 saturated heterocycles. The summed E-state index contributed by atoms with van der Waals surface area (Å²) in [5.41, 5.74) is 1.33. The molecule has 4 heteroatoms. The van der Waals surface area contributed by atoms with Crippen LogP contribution in [0.1, 0.15) is 38.7 Å². The molecule has 0 saturated carbocycles. The van der Waals surface area contributed by atoms with Gasteiger partial charge in [-0.25, -0.2) is 0 Å². The van der Waals surface area contributed by atoms with Crippen LogP contribution >= 0.6 is 15.9 Å². The number of hydrogen-bond acceptors (Lipinski definition) is 2. The van der Waals surface area contributed by atoms with Gasteiger partial charge in [0.2, 0.25) is 0 Å². The van der Waals surface area contributed by atoms with Gasteiger partial charge in [0.05, 0.1) is 0 Å². The van der Waals surface area contributed by atoms with Crippen molar-refractivity contribution in [3.8, 4) is 0 Å². The number of halogens is 1. The fourth-order valence-corrected chi connectivity index (χ4v) is 2.10. The molecule has 0 fully saturated rings. The van der Waals surface area contributed by atoms with Gasteiger partial charge < -0.3 is 10.4 Å². The molecule has 19 heavy (non-hydrogen) atoms. The van der Waals surface area contributed by atoms with Crippen molar-refractivity contribution in [2.45, 2.75) is 39.7 Å². The summed E-state index contributed by atoms with van der Waals surface area (Å²) < 4.78 is 1.09. The molecule has 3 nitrogen and oxygen atoms in total. The van der Waals surface area contributed by atoms with E-state index in [0.29, 0.717) is 0 Å². The van der Waals surface area contributed by atoms with Crippen LogP contribution in [0.15, 0.2) is 28.7 Å². The average Bonchev–Trinajstić information content (AvgIpc) is 2.35. The largest absolute Gasteiger partial charge is 0.481 e. The van der Waals surface area contributed by atoms with Crippen LogP contribution in [-0.2, 0) is 11.3 Å². The predicted octanol–water partition coefficient (Wildman–Crippen LogP) is 3.82. The third kappa shape index (κ3) is 7.33. The third-order valence-corrected chi connectivity index (χ3v) is 3.77. The van der Waals surface area contributed by atoms with Crippen LogP contribution in [0.25, 0.3) is 0 Å². The van der Waals surface area contributed by atoms with E-state index in [1.165, 1.54) is 5.56 Å². The molecule has 0 atom stereocenters. The lowest BCUT2D eigenvalue weighted by atomic mass is 9.84. The molecule has 0 aliphatic rings. The Morgan fingerprint density at radius 3 is 2.47 bits per heavy atom. The molecule has 0 radical (unpaired) electrons. The molecular weight excluding hydrogens is 306 g/mol. The fraction of sp³-hybridized carbons (Fsp3) is 0.533. The highest BCUT2D eigenvalue weighted by Gasteiger charge is 2.18. The maximum absolute atomic E-state index is 10.6. The number of carbonyl (C=O) groups is 1. The molecule has 106 valence electrons. The van der Waals surface area contributed by atoms with Crippen molar-refractivity contribution in [1.29, 1.82) is 0 Å². The van der Waals surface area contributed by atoms with E-state index in [9.17, 15) is 4.79 Å². The molecule has 0 aliphatic carbocycles. The van der Waals surface area contributed by atoms with Crippen LogP contribution in [0.5, 0.6) is 0 Å². The molecule has 0 spiro atoms. The molecule has 0 aliphatic heterocycles. The van der Waals surface area contributed by atoms with Gasteiger partial charge in [0.15, 0.2) is 0 Å². The van der Waals surface area contributed by atoms with Crippen LogP contribution in [0.4, 0.5) is 0 Å². The molecular formula is C15H22BrNO2. The predicted molar refractivity (Wildman–Crippen MR) is 81.1 cm³/mol. The topological polar surface area (TPSA) is 49.3 Å². The smallest absolute Gasteiger partial charge is 0.303 e. The SMILES string of the molecule is CC(C)(CCNCc1ccc(Br)cc1)CCC(=O)O. The van der Waals surface area contributed by atoms with Crippen molar-refractivity contribution in [2.75, 3.05) is 6.54 Å². The Labute approximate surface area is 123 Å². The Morgan fingerprint density at radius 2 is 1.89 bits per heavy atom. The number of nitrogens with one attached hydrogen (secondary N) is 1. The van der Waals surface area contributed by atoms with E-state index >= 15 is 0 Å². The summed E-state index contributed by atoms with van der Waals surface area (Å²) in [7, 11) is 0. The number of rotatable bonds is 8. The molecule has 0 unspecified atom stereocenters.